The quantitative estimate of drug-likeness (QED) is 0.621. The summed E-state index contributed by atoms with van der Waals surface area (Å²) in [5.41, 5.74) is 5.01. The average Bonchev–Trinajstić information content (AvgIpc) is 2.55. The van der Waals surface area contributed by atoms with Crippen molar-refractivity contribution >= 4 is 46.6 Å². The Morgan fingerprint density at radius 2 is 1.84 bits per heavy atom. The zero-order chi connectivity index (χ0) is 18.4. The summed E-state index contributed by atoms with van der Waals surface area (Å²) in [5, 5.41) is 5.58. The minimum absolute atomic E-state index is 0.0846. The van der Waals surface area contributed by atoms with E-state index in [0.29, 0.717) is 27.0 Å². The number of halogens is 2. The number of amides is 1. The monoisotopic (exact) mass is 400 g/mol. The molecule has 25 heavy (non-hydrogen) atoms. The lowest BCUT2D eigenvalue weighted by molar-refractivity contribution is -0.118. The Morgan fingerprint density at radius 1 is 1.24 bits per heavy atom. The van der Waals surface area contributed by atoms with Gasteiger partial charge in [-0.05, 0) is 54.7 Å². The zero-order valence-electron chi connectivity index (χ0n) is 15.1. The van der Waals surface area contributed by atoms with Gasteiger partial charge < -0.3 is 0 Å². The van der Waals surface area contributed by atoms with Crippen LogP contribution in [0.1, 0.15) is 52.0 Å². The van der Waals surface area contributed by atoms with E-state index in [1.54, 1.807) is 0 Å². The number of hydrazone groups is 1. The summed E-state index contributed by atoms with van der Waals surface area (Å²) in [7, 11) is 0. The maximum absolute atomic E-state index is 12.0. The minimum atomic E-state index is -0.0846. The van der Waals surface area contributed by atoms with E-state index < -0.39 is 0 Å². The predicted molar refractivity (Wildman–Crippen MR) is 110 cm³/mol. The first kappa shape index (κ1) is 20.6. The van der Waals surface area contributed by atoms with Crippen LogP contribution in [0.2, 0.25) is 10.0 Å². The molecule has 1 fully saturated rings. The van der Waals surface area contributed by atoms with Gasteiger partial charge in [-0.15, -0.1) is 11.8 Å². The second-order valence-corrected chi connectivity index (χ2v) is 9.35. The largest absolute Gasteiger partial charge is 0.272 e. The molecule has 138 valence electrons. The summed E-state index contributed by atoms with van der Waals surface area (Å²) in [4.78, 5) is 12.0. The molecule has 6 heteroatoms. The van der Waals surface area contributed by atoms with E-state index in [1.165, 1.54) is 11.8 Å². The topological polar surface area (TPSA) is 41.5 Å². The Labute approximate surface area is 164 Å². The van der Waals surface area contributed by atoms with Gasteiger partial charge in [0.15, 0.2) is 0 Å². The van der Waals surface area contributed by atoms with Crippen LogP contribution in [0.25, 0.3) is 0 Å². The van der Waals surface area contributed by atoms with Gasteiger partial charge in [0, 0.05) is 21.5 Å². The highest BCUT2D eigenvalue weighted by Gasteiger charge is 2.28. The van der Waals surface area contributed by atoms with Gasteiger partial charge in [-0.2, -0.15) is 5.10 Å². The number of thioether (sulfide) groups is 1. The Morgan fingerprint density at radius 3 is 2.40 bits per heavy atom. The van der Waals surface area contributed by atoms with Gasteiger partial charge in [-0.25, -0.2) is 5.43 Å². The molecule has 0 radical (unpaired) electrons. The van der Waals surface area contributed by atoms with Gasteiger partial charge in [0.25, 0.3) is 0 Å². The first-order valence-corrected chi connectivity index (χ1v) is 10.5. The summed E-state index contributed by atoms with van der Waals surface area (Å²) in [6, 6.07) is 5.43. The molecular weight excluding hydrogens is 375 g/mol. The van der Waals surface area contributed by atoms with E-state index >= 15 is 0 Å². The van der Waals surface area contributed by atoms with Crippen molar-refractivity contribution in [2.75, 3.05) is 5.75 Å². The van der Waals surface area contributed by atoms with Crippen molar-refractivity contribution < 1.29 is 4.79 Å². The molecule has 1 aliphatic carbocycles. The Bertz CT molecular complexity index is 611. The fourth-order valence-corrected chi connectivity index (χ4v) is 4.58. The lowest BCUT2D eigenvalue weighted by atomic mass is 9.72. The molecule has 1 aliphatic rings. The van der Waals surface area contributed by atoms with E-state index in [-0.39, 0.29) is 5.91 Å². The maximum Gasteiger partial charge on any atom is 0.250 e. The van der Waals surface area contributed by atoms with Crippen LogP contribution in [-0.2, 0) is 10.5 Å². The number of nitrogens with zero attached hydrogens (tertiary/aromatic N) is 1. The van der Waals surface area contributed by atoms with E-state index in [2.05, 4.69) is 31.3 Å². The summed E-state index contributed by atoms with van der Waals surface area (Å²) in [6.45, 7) is 6.89. The normalized spacial score (nSPS) is 18.1. The number of benzene rings is 1. The molecule has 1 N–H and O–H groups in total. The van der Waals surface area contributed by atoms with Crippen LogP contribution in [0.3, 0.4) is 0 Å². The minimum Gasteiger partial charge on any atom is -0.272 e. The second kappa shape index (κ2) is 9.29. The van der Waals surface area contributed by atoms with Gasteiger partial charge in [0.05, 0.1) is 5.75 Å². The first-order valence-electron chi connectivity index (χ1n) is 8.62. The molecule has 0 aromatic heterocycles. The van der Waals surface area contributed by atoms with Gasteiger partial charge in [-0.3, -0.25) is 4.79 Å². The highest BCUT2D eigenvalue weighted by molar-refractivity contribution is 7.99. The van der Waals surface area contributed by atoms with Crippen molar-refractivity contribution in [3.63, 3.8) is 0 Å². The third kappa shape index (κ3) is 6.50. The standard InChI is InChI=1S/C19H26Cl2N2OS/c1-19(2,3)13-7-9-14(10-8-13)22-23-18(24)12-25-11-15-16(20)5-4-6-17(15)21/h4-6,13H,7-12H2,1-3H3,(H,23,24). The molecule has 0 bridgehead atoms. The number of hydrogen-bond donors (Lipinski definition) is 1. The molecule has 1 aromatic rings. The average molecular weight is 401 g/mol. The van der Waals surface area contributed by atoms with Crippen LogP contribution >= 0.6 is 35.0 Å². The van der Waals surface area contributed by atoms with E-state index in [0.717, 1.165) is 42.9 Å². The van der Waals surface area contributed by atoms with Gasteiger partial charge >= 0.3 is 0 Å². The summed E-state index contributed by atoms with van der Waals surface area (Å²) in [5.74, 6) is 1.59. The van der Waals surface area contributed by atoms with Crippen molar-refractivity contribution in [3.05, 3.63) is 33.8 Å². The second-order valence-electron chi connectivity index (χ2n) is 7.55. The summed E-state index contributed by atoms with van der Waals surface area (Å²) in [6.07, 6.45) is 4.26. The van der Waals surface area contributed by atoms with Crippen molar-refractivity contribution in [2.24, 2.45) is 16.4 Å². The molecule has 0 heterocycles. The number of carbonyl (C=O) groups is 1. The smallest absolute Gasteiger partial charge is 0.250 e. The molecule has 0 spiro atoms. The number of hydrogen-bond acceptors (Lipinski definition) is 3. The van der Waals surface area contributed by atoms with Crippen LogP contribution in [0, 0.1) is 11.3 Å². The van der Waals surface area contributed by atoms with Crippen molar-refractivity contribution in [1.82, 2.24) is 5.43 Å². The highest BCUT2D eigenvalue weighted by Crippen LogP contribution is 2.36. The number of rotatable bonds is 5. The Kier molecular flexibility index (Phi) is 7.66. The maximum atomic E-state index is 12.0. The predicted octanol–water partition coefficient (Wildman–Crippen LogP) is 5.94. The van der Waals surface area contributed by atoms with Crippen LogP contribution in [0.15, 0.2) is 23.3 Å². The third-order valence-electron chi connectivity index (χ3n) is 4.67. The fraction of sp³-hybridized carbons (Fsp3) is 0.579. The molecular formula is C19H26Cl2N2OS. The Balaban J connectivity index is 1.73. The van der Waals surface area contributed by atoms with Crippen LogP contribution in [0.5, 0.6) is 0 Å². The molecule has 1 aromatic carbocycles. The number of carbonyl (C=O) groups excluding carboxylic acids is 1. The SMILES string of the molecule is CC(C)(C)C1CCC(=NNC(=O)CSCc2c(Cl)cccc2Cl)CC1. The molecule has 1 saturated carbocycles. The third-order valence-corrected chi connectivity index (χ3v) is 6.33. The lowest BCUT2D eigenvalue weighted by Crippen LogP contribution is -2.28. The van der Waals surface area contributed by atoms with E-state index in [9.17, 15) is 4.79 Å². The molecule has 0 atom stereocenters. The van der Waals surface area contributed by atoms with Crippen LogP contribution in [0.4, 0.5) is 0 Å². The summed E-state index contributed by atoms with van der Waals surface area (Å²) < 4.78 is 0. The van der Waals surface area contributed by atoms with Crippen molar-refractivity contribution in [1.29, 1.82) is 0 Å². The molecule has 0 aliphatic heterocycles. The van der Waals surface area contributed by atoms with Gasteiger partial charge in [0.2, 0.25) is 5.91 Å². The zero-order valence-corrected chi connectivity index (χ0v) is 17.4. The molecule has 3 nitrogen and oxygen atoms in total. The highest BCUT2D eigenvalue weighted by atomic mass is 35.5. The summed E-state index contributed by atoms with van der Waals surface area (Å²) >= 11 is 13.7. The van der Waals surface area contributed by atoms with E-state index in [1.807, 2.05) is 18.2 Å². The molecule has 1 amide bonds. The van der Waals surface area contributed by atoms with Gasteiger partial charge in [0.1, 0.15) is 0 Å². The fourth-order valence-electron chi connectivity index (χ4n) is 3.02. The van der Waals surface area contributed by atoms with Gasteiger partial charge in [-0.1, -0.05) is 50.0 Å². The van der Waals surface area contributed by atoms with Crippen molar-refractivity contribution in [3.8, 4) is 0 Å². The lowest BCUT2D eigenvalue weighted by Gasteiger charge is -2.34. The molecule has 2 rings (SSSR count). The Hall–Kier alpha value is -0.710. The van der Waals surface area contributed by atoms with Crippen molar-refractivity contribution in [2.45, 2.75) is 52.2 Å². The molecule has 0 unspecified atom stereocenters. The first-order chi connectivity index (χ1) is 11.8. The number of nitrogens with one attached hydrogen (secondary N) is 1. The van der Waals surface area contributed by atoms with Crippen LogP contribution in [-0.4, -0.2) is 17.4 Å². The van der Waals surface area contributed by atoms with Crippen LogP contribution < -0.4 is 5.43 Å². The van der Waals surface area contributed by atoms with E-state index in [4.69, 9.17) is 23.2 Å². The molecule has 0 saturated heterocycles.